The van der Waals surface area contributed by atoms with E-state index in [0.717, 1.165) is 35.2 Å². The Balaban J connectivity index is 1.34. The van der Waals surface area contributed by atoms with Gasteiger partial charge in [-0.25, -0.2) is 4.39 Å². The number of benzene rings is 1. The molecule has 0 saturated heterocycles. The molecule has 4 atom stereocenters. The molecule has 3 aliphatic carbocycles. The molecule has 3 fully saturated rings. The first kappa shape index (κ1) is 19.0. The van der Waals surface area contributed by atoms with Crippen LogP contribution in [-0.4, -0.2) is 0 Å². The smallest absolute Gasteiger partial charge is 0.141 e. The van der Waals surface area contributed by atoms with Crippen molar-refractivity contribution in [3.05, 3.63) is 35.1 Å². The summed E-state index contributed by atoms with van der Waals surface area (Å²) in [6.07, 6.45) is 15.3. The van der Waals surface area contributed by atoms with Crippen molar-refractivity contribution in [2.75, 3.05) is 0 Å². The van der Waals surface area contributed by atoms with Crippen molar-refractivity contribution < 1.29 is 4.39 Å². The Hall–Kier alpha value is -1.36. The molecule has 0 amide bonds. The van der Waals surface area contributed by atoms with E-state index in [9.17, 15) is 4.39 Å². The number of nitriles is 1. The average Bonchev–Trinajstić information content (AvgIpc) is 2.73. The highest BCUT2D eigenvalue weighted by atomic mass is 19.1. The van der Waals surface area contributed by atoms with Crippen molar-refractivity contribution >= 4 is 0 Å². The van der Waals surface area contributed by atoms with Gasteiger partial charge in [0.05, 0.1) is 5.56 Å². The van der Waals surface area contributed by atoms with E-state index in [0.29, 0.717) is 5.92 Å². The summed E-state index contributed by atoms with van der Waals surface area (Å²) in [7, 11) is 0. The molecule has 1 nitrogen and oxygen atoms in total. The van der Waals surface area contributed by atoms with Crippen LogP contribution in [0.5, 0.6) is 0 Å². The minimum atomic E-state index is -0.344. The van der Waals surface area contributed by atoms with Gasteiger partial charge in [-0.1, -0.05) is 32.3 Å². The van der Waals surface area contributed by atoms with Crippen LogP contribution in [-0.2, 0) is 0 Å². The molecule has 0 aliphatic heterocycles. The lowest BCUT2D eigenvalue weighted by atomic mass is 9.60. The van der Waals surface area contributed by atoms with E-state index in [-0.39, 0.29) is 11.4 Å². The number of rotatable bonds is 3. The molecule has 3 saturated carbocycles. The maximum atomic E-state index is 14.0. The quantitative estimate of drug-likeness (QED) is 0.553. The molecule has 0 N–H and O–H groups in total. The zero-order valence-electron chi connectivity index (χ0n) is 16.8. The third-order valence-corrected chi connectivity index (χ3v) is 8.37. The predicted molar refractivity (Wildman–Crippen MR) is 108 cm³/mol. The Morgan fingerprint density at radius 2 is 1.52 bits per heavy atom. The lowest BCUT2D eigenvalue weighted by molar-refractivity contribution is 0.0716. The zero-order chi connectivity index (χ0) is 18.8. The van der Waals surface area contributed by atoms with Gasteiger partial charge in [-0.3, -0.25) is 0 Å². The molecule has 0 aromatic heterocycles. The van der Waals surface area contributed by atoms with Gasteiger partial charge in [0.2, 0.25) is 0 Å². The topological polar surface area (TPSA) is 23.8 Å². The van der Waals surface area contributed by atoms with Crippen LogP contribution in [0.2, 0.25) is 0 Å². The highest BCUT2D eigenvalue weighted by Crippen LogP contribution is 2.51. The Kier molecular flexibility index (Phi) is 5.86. The van der Waals surface area contributed by atoms with Crippen LogP contribution in [0, 0.1) is 46.7 Å². The number of fused-ring (bicyclic) bond motifs is 1. The lowest BCUT2D eigenvalue weighted by Gasteiger charge is -2.45. The second-order valence-electron chi connectivity index (χ2n) is 9.64. The molecule has 2 heteroatoms. The summed E-state index contributed by atoms with van der Waals surface area (Å²) >= 11 is 0. The molecule has 146 valence electrons. The van der Waals surface area contributed by atoms with Crippen molar-refractivity contribution in [3.63, 3.8) is 0 Å². The highest BCUT2D eigenvalue weighted by molar-refractivity contribution is 5.35. The van der Waals surface area contributed by atoms with Crippen LogP contribution in [0.15, 0.2) is 18.2 Å². The van der Waals surface area contributed by atoms with Crippen molar-refractivity contribution in [1.82, 2.24) is 0 Å². The van der Waals surface area contributed by atoms with Crippen LogP contribution in [0.25, 0.3) is 0 Å². The van der Waals surface area contributed by atoms with Gasteiger partial charge in [0.25, 0.3) is 0 Å². The number of hydrogen-bond acceptors (Lipinski definition) is 1. The minimum absolute atomic E-state index is 0.172. The van der Waals surface area contributed by atoms with Gasteiger partial charge in [0.15, 0.2) is 0 Å². The fraction of sp³-hybridized carbons (Fsp3) is 0.720. The van der Waals surface area contributed by atoms with Gasteiger partial charge < -0.3 is 0 Å². The summed E-state index contributed by atoms with van der Waals surface area (Å²) in [6, 6.07) is 7.22. The van der Waals surface area contributed by atoms with Crippen molar-refractivity contribution in [2.24, 2.45) is 29.6 Å². The molecule has 4 unspecified atom stereocenters. The van der Waals surface area contributed by atoms with Gasteiger partial charge in [-0.05, 0) is 105 Å². The normalized spacial score (nSPS) is 36.6. The Morgan fingerprint density at radius 3 is 2.19 bits per heavy atom. The van der Waals surface area contributed by atoms with E-state index in [2.05, 4.69) is 6.92 Å². The summed E-state index contributed by atoms with van der Waals surface area (Å²) in [5, 5.41) is 8.94. The van der Waals surface area contributed by atoms with Gasteiger partial charge in [-0.15, -0.1) is 0 Å². The van der Waals surface area contributed by atoms with Crippen LogP contribution >= 0.6 is 0 Å². The fourth-order valence-electron chi connectivity index (χ4n) is 6.60. The first-order chi connectivity index (χ1) is 13.2. The summed E-state index contributed by atoms with van der Waals surface area (Å²) in [6.45, 7) is 2.36. The molecule has 1 aromatic rings. The van der Waals surface area contributed by atoms with Gasteiger partial charge in [0, 0.05) is 0 Å². The average molecular weight is 368 g/mol. The third-order valence-electron chi connectivity index (χ3n) is 8.37. The SMILES string of the molecule is CCC1CCC(C2CCC3CC(c4ccc(C#N)c(F)c4)CCC3C2)CC1. The van der Waals surface area contributed by atoms with E-state index in [1.165, 1.54) is 70.6 Å². The van der Waals surface area contributed by atoms with Gasteiger partial charge in [0.1, 0.15) is 11.9 Å². The monoisotopic (exact) mass is 367 g/mol. The summed E-state index contributed by atoms with van der Waals surface area (Å²) in [4.78, 5) is 0. The molecule has 0 bridgehead atoms. The first-order valence-electron chi connectivity index (χ1n) is 11.4. The summed E-state index contributed by atoms with van der Waals surface area (Å²) in [5.41, 5.74) is 1.29. The molecule has 27 heavy (non-hydrogen) atoms. The van der Waals surface area contributed by atoms with E-state index < -0.39 is 0 Å². The second kappa shape index (κ2) is 8.34. The molecule has 0 spiro atoms. The molecule has 4 rings (SSSR count). The lowest BCUT2D eigenvalue weighted by Crippen LogP contribution is -2.34. The molecule has 0 heterocycles. The third kappa shape index (κ3) is 4.08. The van der Waals surface area contributed by atoms with Crippen molar-refractivity contribution in [3.8, 4) is 6.07 Å². The Bertz CT molecular complexity index is 682. The molecular formula is C25H34FN. The second-order valence-corrected chi connectivity index (χ2v) is 9.64. The van der Waals surface area contributed by atoms with Crippen LogP contribution in [0.4, 0.5) is 4.39 Å². The molecular weight excluding hydrogens is 333 g/mol. The molecule has 3 aliphatic rings. The Morgan fingerprint density at radius 1 is 0.889 bits per heavy atom. The first-order valence-corrected chi connectivity index (χ1v) is 11.4. The van der Waals surface area contributed by atoms with E-state index in [1.807, 2.05) is 12.1 Å². The zero-order valence-corrected chi connectivity index (χ0v) is 16.8. The number of nitrogens with zero attached hydrogens (tertiary/aromatic N) is 1. The van der Waals surface area contributed by atoms with Crippen LogP contribution < -0.4 is 0 Å². The van der Waals surface area contributed by atoms with Crippen molar-refractivity contribution in [1.29, 1.82) is 5.26 Å². The summed E-state index contributed by atoms with van der Waals surface area (Å²) < 4.78 is 14.0. The van der Waals surface area contributed by atoms with Crippen LogP contribution in [0.3, 0.4) is 0 Å². The largest absolute Gasteiger partial charge is 0.206 e. The van der Waals surface area contributed by atoms with Gasteiger partial charge >= 0.3 is 0 Å². The Labute approximate surface area is 164 Å². The van der Waals surface area contributed by atoms with Crippen molar-refractivity contribution in [2.45, 2.75) is 83.5 Å². The highest BCUT2D eigenvalue weighted by Gasteiger charge is 2.39. The summed E-state index contributed by atoms with van der Waals surface area (Å²) in [5.74, 6) is 4.87. The maximum absolute atomic E-state index is 14.0. The minimum Gasteiger partial charge on any atom is -0.206 e. The predicted octanol–water partition coefficient (Wildman–Crippen LogP) is 7.21. The van der Waals surface area contributed by atoms with Gasteiger partial charge in [-0.2, -0.15) is 5.26 Å². The standard InChI is InChI=1S/C25H34FN/c1-2-17-3-5-18(6-4-17)19-7-8-21-14-22(10-9-20(21)13-19)23-11-12-24(16-27)25(26)15-23/h11-12,15,17-22H,2-10,13-14H2,1H3. The maximum Gasteiger partial charge on any atom is 0.141 e. The molecule has 0 radical (unpaired) electrons. The van der Waals surface area contributed by atoms with E-state index in [1.54, 1.807) is 12.1 Å². The van der Waals surface area contributed by atoms with E-state index >= 15 is 0 Å². The molecule has 1 aromatic carbocycles. The number of hydrogen-bond donors (Lipinski definition) is 0. The van der Waals surface area contributed by atoms with E-state index in [4.69, 9.17) is 5.26 Å². The van der Waals surface area contributed by atoms with Crippen LogP contribution in [0.1, 0.15) is 94.6 Å². The number of halogens is 1. The fourth-order valence-corrected chi connectivity index (χ4v) is 6.60.